The second-order valence-corrected chi connectivity index (χ2v) is 19.0. The number of phosphoric acid groups is 1. The van der Waals surface area contributed by atoms with Crippen molar-refractivity contribution in [1.29, 1.82) is 0 Å². The molecule has 0 aliphatic heterocycles. The molecule has 1 unspecified atom stereocenters. The van der Waals surface area contributed by atoms with Gasteiger partial charge < -0.3 is 18.9 Å². The third-order valence-electron chi connectivity index (χ3n) is 10.5. The maximum Gasteiger partial charge on any atom is 0.472 e. The van der Waals surface area contributed by atoms with Crippen LogP contribution < -0.4 is 0 Å². The minimum Gasteiger partial charge on any atom is -0.462 e. The molecular formula is C47H93NO8P+. The minimum atomic E-state index is -4.37. The molecule has 1 N–H and O–H groups in total. The first-order valence-electron chi connectivity index (χ1n) is 23.9. The molecule has 0 fully saturated rings. The fourth-order valence-electron chi connectivity index (χ4n) is 6.77. The fourth-order valence-corrected chi connectivity index (χ4v) is 7.52. The average Bonchev–Trinajstić information content (AvgIpc) is 3.16. The summed E-state index contributed by atoms with van der Waals surface area (Å²) in [6, 6.07) is 0. The summed E-state index contributed by atoms with van der Waals surface area (Å²) in [4.78, 5) is 35.4. The Labute approximate surface area is 352 Å². The molecule has 0 aromatic rings. The Kier molecular flexibility index (Phi) is 39.3. The molecule has 0 aliphatic rings. The van der Waals surface area contributed by atoms with Gasteiger partial charge in [0.05, 0.1) is 27.7 Å². The summed E-state index contributed by atoms with van der Waals surface area (Å²) in [6.07, 6.45) is 42.5. The van der Waals surface area contributed by atoms with Gasteiger partial charge in [0.1, 0.15) is 19.8 Å². The number of nitrogens with zero attached hydrogens (tertiary/aromatic N) is 1. The van der Waals surface area contributed by atoms with Crippen LogP contribution in [0.3, 0.4) is 0 Å². The molecule has 10 heteroatoms. The quantitative estimate of drug-likeness (QED) is 0.0213. The summed E-state index contributed by atoms with van der Waals surface area (Å²) in [5.41, 5.74) is 0. The lowest BCUT2D eigenvalue weighted by Gasteiger charge is -2.24. The molecule has 9 nitrogen and oxygen atoms in total. The number of hydrogen-bond acceptors (Lipinski definition) is 7. The second-order valence-electron chi connectivity index (χ2n) is 17.5. The van der Waals surface area contributed by atoms with E-state index in [9.17, 15) is 19.0 Å². The van der Waals surface area contributed by atoms with Crippen LogP contribution in [0.4, 0.5) is 0 Å². The van der Waals surface area contributed by atoms with Crippen LogP contribution in [-0.4, -0.2) is 74.9 Å². The van der Waals surface area contributed by atoms with Crippen molar-refractivity contribution in [1.82, 2.24) is 0 Å². The van der Waals surface area contributed by atoms with Crippen molar-refractivity contribution in [3.8, 4) is 0 Å². The lowest BCUT2D eigenvalue weighted by Crippen LogP contribution is -2.37. The van der Waals surface area contributed by atoms with E-state index in [1.165, 1.54) is 141 Å². The largest absolute Gasteiger partial charge is 0.472 e. The second kappa shape index (κ2) is 40.2. The molecule has 0 amide bonds. The number of allylic oxidation sites excluding steroid dienone is 2. The van der Waals surface area contributed by atoms with Gasteiger partial charge in [0.25, 0.3) is 0 Å². The number of ether oxygens (including phenoxy) is 2. The van der Waals surface area contributed by atoms with Crippen LogP contribution in [0.5, 0.6) is 0 Å². The van der Waals surface area contributed by atoms with Crippen LogP contribution in [0.1, 0.15) is 226 Å². The molecule has 338 valence electrons. The molecule has 57 heavy (non-hydrogen) atoms. The summed E-state index contributed by atoms with van der Waals surface area (Å²) in [5, 5.41) is 0. The highest BCUT2D eigenvalue weighted by Crippen LogP contribution is 2.43. The first-order chi connectivity index (χ1) is 27.5. The normalized spacial score (nSPS) is 13.6. The molecule has 0 radical (unpaired) electrons. The SMILES string of the molecule is CCCCCCCC/C=C\CCCCCCCC(=O)O[C@H](COC(=O)CCCCCCCCCCCCCCCCCCCC)COP(=O)(O)OCC[N+](C)(C)C. The number of phosphoric ester groups is 1. The molecule has 0 saturated carbocycles. The number of rotatable bonds is 44. The Hall–Kier alpha value is -1.25. The lowest BCUT2D eigenvalue weighted by atomic mass is 10.0. The topological polar surface area (TPSA) is 108 Å². The number of esters is 2. The van der Waals surface area contributed by atoms with Crippen molar-refractivity contribution < 1.29 is 42.1 Å². The molecule has 0 aromatic carbocycles. The van der Waals surface area contributed by atoms with Crippen molar-refractivity contribution in [2.75, 3.05) is 47.5 Å². The number of hydrogen-bond donors (Lipinski definition) is 1. The van der Waals surface area contributed by atoms with E-state index in [-0.39, 0.29) is 25.6 Å². The van der Waals surface area contributed by atoms with Crippen molar-refractivity contribution in [2.45, 2.75) is 232 Å². The summed E-state index contributed by atoms with van der Waals surface area (Å²) in [5.74, 6) is -0.796. The lowest BCUT2D eigenvalue weighted by molar-refractivity contribution is -0.870. The van der Waals surface area contributed by atoms with Crippen LogP contribution in [0, 0.1) is 0 Å². The van der Waals surface area contributed by atoms with Gasteiger partial charge in [-0.1, -0.05) is 187 Å². The van der Waals surface area contributed by atoms with Gasteiger partial charge >= 0.3 is 19.8 Å². The number of quaternary nitrogens is 1. The Bertz CT molecular complexity index is 985. The molecule has 0 saturated heterocycles. The summed E-state index contributed by atoms with van der Waals surface area (Å²) in [6.45, 7) is 4.44. The van der Waals surface area contributed by atoms with E-state index in [1.54, 1.807) is 0 Å². The van der Waals surface area contributed by atoms with E-state index in [2.05, 4.69) is 26.0 Å². The average molecular weight is 831 g/mol. The van der Waals surface area contributed by atoms with Gasteiger partial charge in [-0.3, -0.25) is 18.6 Å². The molecule has 0 aromatic heterocycles. The van der Waals surface area contributed by atoms with Gasteiger partial charge in [0.15, 0.2) is 6.10 Å². The molecule has 0 spiro atoms. The zero-order valence-corrected chi connectivity index (χ0v) is 39.0. The van der Waals surface area contributed by atoms with E-state index in [0.29, 0.717) is 23.9 Å². The maximum atomic E-state index is 12.7. The number of unbranched alkanes of at least 4 members (excludes halogenated alkanes) is 28. The van der Waals surface area contributed by atoms with Crippen molar-refractivity contribution >= 4 is 19.8 Å². The molecular weight excluding hydrogens is 737 g/mol. The van der Waals surface area contributed by atoms with E-state index in [0.717, 1.165) is 51.4 Å². The van der Waals surface area contributed by atoms with Gasteiger partial charge in [0, 0.05) is 12.8 Å². The van der Waals surface area contributed by atoms with Crippen LogP contribution in [0.15, 0.2) is 12.2 Å². The van der Waals surface area contributed by atoms with Crippen molar-refractivity contribution in [3.05, 3.63) is 12.2 Å². The first kappa shape index (κ1) is 55.8. The van der Waals surface area contributed by atoms with E-state index < -0.39 is 26.5 Å². The Morgan fingerprint density at radius 2 is 0.895 bits per heavy atom. The monoisotopic (exact) mass is 831 g/mol. The van der Waals surface area contributed by atoms with Gasteiger partial charge in [-0.05, 0) is 38.5 Å². The van der Waals surface area contributed by atoms with E-state index in [4.69, 9.17) is 18.5 Å². The maximum absolute atomic E-state index is 12.7. The predicted molar refractivity (Wildman–Crippen MR) is 238 cm³/mol. The number of carbonyl (C=O) groups excluding carboxylic acids is 2. The van der Waals surface area contributed by atoms with Crippen LogP contribution in [0.2, 0.25) is 0 Å². The Balaban J connectivity index is 4.27. The number of carbonyl (C=O) groups is 2. The zero-order valence-electron chi connectivity index (χ0n) is 38.1. The molecule has 2 atom stereocenters. The molecule has 0 aliphatic carbocycles. The molecule has 0 rings (SSSR count). The Morgan fingerprint density at radius 3 is 1.30 bits per heavy atom. The third kappa shape index (κ3) is 44.1. The van der Waals surface area contributed by atoms with Gasteiger partial charge in [-0.15, -0.1) is 0 Å². The van der Waals surface area contributed by atoms with Crippen LogP contribution in [-0.2, 0) is 32.7 Å². The first-order valence-corrected chi connectivity index (χ1v) is 25.4. The Morgan fingerprint density at radius 1 is 0.526 bits per heavy atom. The summed E-state index contributed by atoms with van der Waals surface area (Å²) < 4.78 is 34.4. The zero-order chi connectivity index (χ0) is 42.1. The van der Waals surface area contributed by atoms with E-state index in [1.807, 2.05) is 21.1 Å². The summed E-state index contributed by atoms with van der Waals surface area (Å²) >= 11 is 0. The van der Waals surface area contributed by atoms with Gasteiger partial charge in [-0.25, -0.2) is 4.57 Å². The van der Waals surface area contributed by atoms with Crippen molar-refractivity contribution in [2.24, 2.45) is 0 Å². The minimum absolute atomic E-state index is 0.0333. The molecule has 0 bridgehead atoms. The van der Waals surface area contributed by atoms with Gasteiger partial charge in [-0.2, -0.15) is 0 Å². The fraction of sp³-hybridized carbons (Fsp3) is 0.915. The third-order valence-corrected chi connectivity index (χ3v) is 11.5. The predicted octanol–water partition coefficient (Wildman–Crippen LogP) is 13.8. The highest BCUT2D eigenvalue weighted by Gasteiger charge is 2.27. The smallest absolute Gasteiger partial charge is 0.462 e. The highest BCUT2D eigenvalue weighted by molar-refractivity contribution is 7.47. The highest BCUT2D eigenvalue weighted by atomic mass is 31.2. The van der Waals surface area contributed by atoms with Crippen molar-refractivity contribution in [3.63, 3.8) is 0 Å². The van der Waals surface area contributed by atoms with E-state index >= 15 is 0 Å². The number of likely N-dealkylation sites (N-methyl/N-ethyl adjacent to an activating group) is 1. The van der Waals surface area contributed by atoms with Crippen LogP contribution >= 0.6 is 7.82 Å². The summed E-state index contributed by atoms with van der Waals surface area (Å²) in [7, 11) is 1.48. The standard InChI is InChI=1S/C47H92NO8P/c1-6-8-10-12-14-16-18-20-22-23-24-26-27-29-31-33-35-37-39-46(49)53-43-45(44-55-57(51,52)54-42-41-48(3,4)5)56-47(50)40-38-36-34-32-30-28-25-21-19-17-15-13-11-9-7-2/h21,25,45H,6-20,22-24,26-44H2,1-5H3/p+1/b25-21-/t45-/m1/s1. The molecule has 0 heterocycles. The van der Waals surface area contributed by atoms with Crippen LogP contribution in [0.25, 0.3) is 0 Å². The van der Waals surface area contributed by atoms with Gasteiger partial charge in [0.2, 0.25) is 0 Å².